The number of nitrogens with one attached hydrogen (secondary N) is 1. The van der Waals surface area contributed by atoms with Gasteiger partial charge in [-0.3, -0.25) is 0 Å². The quantitative estimate of drug-likeness (QED) is 0.758. The van der Waals surface area contributed by atoms with Crippen molar-refractivity contribution >= 4 is 17.5 Å². The first-order chi connectivity index (χ1) is 12.3. The lowest BCUT2D eigenvalue weighted by Crippen LogP contribution is -2.28. The van der Waals surface area contributed by atoms with Gasteiger partial charge in [-0.2, -0.15) is 10.1 Å². The van der Waals surface area contributed by atoms with Gasteiger partial charge < -0.3 is 14.8 Å². The third-order valence-electron chi connectivity index (χ3n) is 4.68. The number of fused-ring (bicyclic) bond motifs is 2. The molecule has 5 rings (SSSR count). The molecule has 0 spiro atoms. The van der Waals surface area contributed by atoms with E-state index in [1.807, 2.05) is 41.1 Å². The summed E-state index contributed by atoms with van der Waals surface area (Å²) in [5, 5.41) is 8.58. The number of hydrogen-bond acceptors (Lipinski definition) is 5. The van der Waals surface area contributed by atoms with Crippen molar-refractivity contribution < 1.29 is 9.47 Å². The highest BCUT2D eigenvalue weighted by molar-refractivity contribution is 6.30. The van der Waals surface area contributed by atoms with E-state index in [1.54, 1.807) is 6.33 Å². The fourth-order valence-corrected chi connectivity index (χ4v) is 3.56. The molecule has 2 aliphatic heterocycles. The second-order valence-corrected chi connectivity index (χ2v) is 6.58. The third-order valence-corrected chi connectivity index (χ3v) is 4.94. The van der Waals surface area contributed by atoms with Crippen LogP contribution >= 0.6 is 11.6 Å². The van der Waals surface area contributed by atoms with Gasteiger partial charge in [0.1, 0.15) is 6.33 Å². The molecule has 3 aromatic rings. The Morgan fingerprint density at radius 2 is 1.84 bits per heavy atom. The minimum Gasteiger partial charge on any atom is -0.454 e. The zero-order chi connectivity index (χ0) is 16.8. The van der Waals surface area contributed by atoms with E-state index in [9.17, 15) is 0 Å². The first kappa shape index (κ1) is 14.6. The molecule has 0 saturated heterocycles. The van der Waals surface area contributed by atoms with E-state index in [2.05, 4.69) is 21.5 Å². The molecule has 1 aromatic heterocycles. The van der Waals surface area contributed by atoms with E-state index in [0.717, 1.165) is 40.0 Å². The number of anilines is 1. The van der Waals surface area contributed by atoms with Crippen molar-refractivity contribution in [1.82, 2.24) is 14.8 Å². The number of rotatable bonds is 2. The first-order valence-electron chi connectivity index (χ1n) is 8.09. The Morgan fingerprint density at radius 1 is 1.04 bits per heavy atom. The molecule has 1 N–H and O–H groups in total. The number of benzene rings is 2. The molecule has 2 unspecified atom stereocenters. The van der Waals surface area contributed by atoms with Crippen LogP contribution in [0.2, 0.25) is 5.02 Å². The van der Waals surface area contributed by atoms with Crippen LogP contribution in [0, 0.1) is 0 Å². The Balaban J connectivity index is 1.52. The SMILES string of the molecule is Clc1ccc(C2CC(c3ccc4c(c3)OCO4)Nc3ncnn32)cc1. The third kappa shape index (κ3) is 2.49. The number of nitrogens with zero attached hydrogens (tertiary/aromatic N) is 3. The van der Waals surface area contributed by atoms with Gasteiger partial charge in [0.2, 0.25) is 12.7 Å². The number of halogens is 1. The lowest BCUT2D eigenvalue weighted by molar-refractivity contribution is 0.174. The van der Waals surface area contributed by atoms with Gasteiger partial charge in [-0.15, -0.1) is 0 Å². The van der Waals surface area contributed by atoms with Crippen molar-refractivity contribution in [2.75, 3.05) is 12.1 Å². The molecular weight excluding hydrogens is 340 g/mol. The molecular formula is C18H15ClN4O2. The van der Waals surface area contributed by atoms with Crippen molar-refractivity contribution in [1.29, 1.82) is 0 Å². The Morgan fingerprint density at radius 3 is 2.72 bits per heavy atom. The average molecular weight is 355 g/mol. The van der Waals surface area contributed by atoms with Crippen LogP contribution in [0.25, 0.3) is 0 Å². The fourth-order valence-electron chi connectivity index (χ4n) is 3.43. The average Bonchev–Trinajstić information content (AvgIpc) is 3.29. The largest absolute Gasteiger partial charge is 0.454 e. The standard InChI is InChI=1S/C18H15ClN4O2/c19-13-4-1-11(2-5-13)15-8-14(22-18-20-9-21-23(15)18)12-3-6-16-17(7-12)25-10-24-16/h1-7,9,14-15H,8,10H2,(H,20,21,22). The van der Waals surface area contributed by atoms with Gasteiger partial charge in [0.25, 0.3) is 0 Å². The molecule has 0 fully saturated rings. The molecule has 126 valence electrons. The molecule has 2 aliphatic rings. The normalized spacial score (nSPS) is 20.8. The molecule has 25 heavy (non-hydrogen) atoms. The van der Waals surface area contributed by atoms with E-state index >= 15 is 0 Å². The van der Waals surface area contributed by atoms with Gasteiger partial charge in [-0.25, -0.2) is 4.68 Å². The summed E-state index contributed by atoms with van der Waals surface area (Å²) in [5.74, 6) is 2.33. The summed E-state index contributed by atoms with van der Waals surface area (Å²) in [6.07, 6.45) is 2.42. The highest BCUT2D eigenvalue weighted by Gasteiger charge is 2.30. The zero-order valence-electron chi connectivity index (χ0n) is 13.2. The predicted molar refractivity (Wildman–Crippen MR) is 93.2 cm³/mol. The summed E-state index contributed by atoms with van der Waals surface area (Å²) >= 11 is 6.04. The van der Waals surface area contributed by atoms with Gasteiger partial charge in [0.05, 0.1) is 12.1 Å². The van der Waals surface area contributed by atoms with Gasteiger partial charge in [0, 0.05) is 5.02 Å². The molecule has 0 bridgehead atoms. The maximum Gasteiger partial charge on any atom is 0.231 e. The molecule has 0 saturated carbocycles. The molecule has 0 amide bonds. The Kier molecular flexibility index (Phi) is 3.31. The monoisotopic (exact) mass is 354 g/mol. The molecule has 6 nitrogen and oxygen atoms in total. The van der Waals surface area contributed by atoms with Gasteiger partial charge in [-0.1, -0.05) is 29.8 Å². The minimum absolute atomic E-state index is 0.0893. The maximum atomic E-state index is 6.04. The number of aromatic nitrogens is 3. The Labute approximate surface area is 149 Å². The van der Waals surface area contributed by atoms with Crippen molar-refractivity contribution in [2.24, 2.45) is 0 Å². The highest BCUT2D eigenvalue weighted by atomic mass is 35.5. The molecule has 2 aromatic carbocycles. The topological polar surface area (TPSA) is 61.2 Å². The minimum atomic E-state index is 0.0893. The van der Waals surface area contributed by atoms with E-state index in [1.165, 1.54) is 0 Å². The Hall–Kier alpha value is -2.73. The van der Waals surface area contributed by atoms with Gasteiger partial charge in [0.15, 0.2) is 11.5 Å². The summed E-state index contributed by atoms with van der Waals surface area (Å²) in [6.45, 7) is 0.276. The van der Waals surface area contributed by atoms with Crippen molar-refractivity contribution in [3.8, 4) is 11.5 Å². The second kappa shape index (κ2) is 5.67. The Bertz CT molecular complexity index is 925. The fraction of sp³-hybridized carbons (Fsp3) is 0.222. The first-order valence-corrected chi connectivity index (χ1v) is 8.47. The predicted octanol–water partition coefficient (Wildman–Crippen LogP) is 3.81. The number of ether oxygens (including phenoxy) is 2. The summed E-state index contributed by atoms with van der Waals surface area (Å²) in [6, 6.07) is 14.1. The maximum absolute atomic E-state index is 6.04. The van der Waals surface area contributed by atoms with Crippen LogP contribution in [0.3, 0.4) is 0 Å². The van der Waals surface area contributed by atoms with Crippen molar-refractivity contribution in [3.63, 3.8) is 0 Å². The van der Waals surface area contributed by atoms with E-state index < -0.39 is 0 Å². The number of hydrogen-bond donors (Lipinski definition) is 1. The van der Waals surface area contributed by atoms with Crippen LogP contribution in [0.4, 0.5) is 5.95 Å². The molecule has 2 atom stereocenters. The van der Waals surface area contributed by atoms with Crippen LogP contribution in [0.15, 0.2) is 48.8 Å². The van der Waals surface area contributed by atoms with Gasteiger partial charge in [-0.05, 0) is 41.8 Å². The van der Waals surface area contributed by atoms with E-state index in [0.29, 0.717) is 0 Å². The lowest BCUT2D eigenvalue weighted by atomic mass is 9.93. The highest BCUT2D eigenvalue weighted by Crippen LogP contribution is 2.40. The van der Waals surface area contributed by atoms with E-state index in [4.69, 9.17) is 21.1 Å². The summed E-state index contributed by atoms with van der Waals surface area (Å²) in [5.41, 5.74) is 2.29. The van der Waals surface area contributed by atoms with Gasteiger partial charge >= 0.3 is 0 Å². The summed E-state index contributed by atoms with van der Waals surface area (Å²) < 4.78 is 12.8. The van der Waals surface area contributed by atoms with Crippen LogP contribution in [-0.2, 0) is 0 Å². The lowest BCUT2D eigenvalue weighted by Gasteiger charge is -2.31. The summed E-state index contributed by atoms with van der Waals surface area (Å²) in [7, 11) is 0. The van der Waals surface area contributed by atoms with Crippen LogP contribution in [0.1, 0.15) is 29.6 Å². The van der Waals surface area contributed by atoms with Crippen LogP contribution < -0.4 is 14.8 Å². The molecule has 7 heteroatoms. The van der Waals surface area contributed by atoms with Crippen molar-refractivity contribution in [3.05, 3.63) is 64.9 Å². The molecule has 0 aliphatic carbocycles. The smallest absolute Gasteiger partial charge is 0.231 e. The molecule has 0 radical (unpaired) electrons. The zero-order valence-corrected chi connectivity index (χ0v) is 14.0. The van der Waals surface area contributed by atoms with Crippen LogP contribution in [-0.4, -0.2) is 21.6 Å². The second-order valence-electron chi connectivity index (χ2n) is 6.14. The van der Waals surface area contributed by atoms with Crippen LogP contribution in [0.5, 0.6) is 11.5 Å². The van der Waals surface area contributed by atoms with Crippen molar-refractivity contribution in [2.45, 2.75) is 18.5 Å². The summed E-state index contributed by atoms with van der Waals surface area (Å²) in [4.78, 5) is 4.36. The molecule has 3 heterocycles. The van der Waals surface area contributed by atoms with E-state index in [-0.39, 0.29) is 18.9 Å².